The fourth-order valence-electron chi connectivity index (χ4n) is 2.62. The molecule has 3 aromatic rings. The van der Waals surface area contributed by atoms with Gasteiger partial charge in [0.25, 0.3) is 5.56 Å². The molecule has 8 heteroatoms. The van der Waals surface area contributed by atoms with Crippen LogP contribution in [-0.2, 0) is 11.3 Å². The number of amides is 1. The van der Waals surface area contributed by atoms with Crippen molar-refractivity contribution in [1.29, 1.82) is 0 Å². The van der Waals surface area contributed by atoms with Crippen LogP contribution in [-0.4, -0.2) is 25.2 Å². The average Bonchev–Trinajstić information content (AvgIpc) is 2.90. The van der Waals surface area contributed by atoms with Crippen LogP contribution in [0.1, 0.15) is 17.1 Å². The first-order valence-electron chi connectivity index (χ1n) is 8.01. The zero-order chi connectivity index (χ0) is 18.8. The minimum Gasteiger partial charge on any atom is -0.325 e. The number of aryl methyl sites for hydroxylation is 3. The van der Waals surface area contributed by atoms with E-state index < -0.39 is 0 Å². The first-order valence-corrected chi connectivity index (χ1v) is 8.39. The molecule has 2 heterocycles. The zero-order valence-electron chi connectivity index (χ0n) is 14.7. The third-order valence-corrected chi connectivity index (χ3v) is 4.00. The van der Waals surface area contributed by atoms with Crippen molar-refractivity contribution in [3.63, 3.8) is 0 Å². The van der Waals surface area contributed by atoms with Gasteiger partial charge in [0.1, 0.15) is 6.54 Å². The molecule has 1 aromatic carbocycles. The van der Waals surface area contributed by atoms with Crippen LogP contribution in [0.2, 0.25) is 5.02 Å². The molecule has 134 valence electrons. The maximum Gasteiger partial charge on any atom is 0.255 e. The summed E-state index contributed by atoms with van der Waals surface area (Å²) in [6.07, 6.45) is 0. The second kappa shape index (κ2) is 7.13. The second-order valence-corrected chi connectivity index (χ2v) is 6.45. The van der Waals surface area contributed by atoms with Gasteiger partial charge in [-0.25, -0.2) is 9.67 Å². The molecule has 0 fully saturated rings. The predicted molar refractivity (Wildman–Crippen MR) is 99.9 cm³/mol. The standard InChI is InChI=1S/C18H18ClN5O2/c1-11-9-17(26)23(18(20-11)24-13(3)8-12(2)22-24)10-16(25)21-15-6-4-14(19)5-7-15/h4-9H,10H2,1-3H3,(H,21,25). The Morgan fingerprint density at radius 1 is 1.12 bits per heavy atom. The highest BCUT2D eigenvalue weighted by Gasteiger charge is 2.15. The summed E-state index contributed by atoms with van der Waals surface area (Å²) >= 11 is 5.84. The van der Waals surface area contributed by atoms with Gasteiger partial charge in [0, 0.05) is 28.2 Å². The molecule has 0 saturated carbocycles. The maximum atomic E-state index is 12.5. The van der Waals surface area contributed by atoms with Crippen molar-refractivity contribution in [2.75, 3.05) is 5.32 Å². The largest absolute Gasteiger partial charge is 0.325 e. The zero-order valence-corrected chi connectivity index (χ0v) is 15.4. The van der Waals surface area contributed by atoms with Crippen molar-refractivity contribution in [2.24, 2.45) is 0 Å². The van der Waals surface area contributed by atoms with E-state index in [9.17, 15) is 9.59 Å². The number of carbonyl (C=O) groups is 1. The quantitative estimate of drug-likeness (QED) is 0.764. The number of anilines is 1. The minimum atomic E-state index is -0.345. The second-order valence-electron chi connectivity index (χ2n) is 6.02. The molecule has 1 amide bonds. The van der Waals surface area contributed by atoms with Crippen LogP contribution in [0.3, 0.4) is 0 Å². The number of aromatic nitrogens is 4. The van der Waals surface area contributed by atoms with Crippen LogP contribution in [0.15, 0.2) is 41.2 Å². The monoisotopic (exact) mass is 371 g/mol. The lowest BCUT2D eigenvalue weighted by Crippen LogP contribution is -2.31. The van der Waals surface area contributed by atoms with Gasteiger partial charge in [-0.05, 0) is 51.1 Å². The first-order chi connectivity index (χ1) is 12.3. The number of benzene rings is 1. The van der Waals surface area contributed by atoms with Gasteiger partial charge in [0.05, 0.1) is 5.69 Å². The van der Waals surface area contributed by atoms with Crippen molar-refractivity contribution in [2.45, 2.75) is 27.3 Å². The van der Waals surface area contributed by atoms with E-state index in [2.05, 4.69) is 15.4 Å². The van der Waals surface area contributed by atoms with Crippen molar-refractivity contribution < 1.29 is 4.79 Å². The number of hydrogen-bond acceptors (Lipinski definition) is 4. The molecule has 2 aromatic heterocycles. The van der Waals surface area contributed by atoms with Gasteiger partial charge in [-0.15, -0.1) is 0 Å². The van der Waals surface area contributed by atoms with Gasteiger partial charge in [-0.2, -0.15) is 5.10 Å². The maximum absolute atomic E-state index is 12.5. The summed E-state index contributed by atoms with van der Waals surface area (Å²) in [4.78, 5) is 29.3. The molecule has 3 rings (SSSR count). The van der Waals surface area contributed by atoms with Crippen molar-refractivity contribution in [1.82, 2.24) is 19.3 Å². The SMILES string of the molecule is Cc1cc(=O)n(CC(=O)Nc2ccc(Cl)cc2)c(-n2nc(C)cc2C)n1. The predicted octanol–water partition coefficient (Wildman–Crippen LogP) is 2.65. The van der Waals surface area contributed by atoms with E-state index in [1.165, 1.54) is 10.6 Å². The lowest BCUT2D eigenvalue weighted by molar-refractivity contribution is -0.116. The van der Waals surface area contributed by atoms with Gasteiger partial charge in [-0.3, -0.25) is 14.2 Å². The van der Waals surface area contributed by atoms with Gasteiger partial charge in [0.15, 0.2) is 0 Å². The van der Waals surface area contributed by atoms with Gasteiger partial charge < -0.3 is 5.32 Å². The Kier molecular flexibility index (Phi) is 4.90. The summed E-state index contributed by atoms with van der Waals surface area (Å²) in [5.41, 5.74) is 2.47. The summed E-state index contributed by atoms with van der Waals surface area (Å²) in [6.45, 7) is 5.28. The molecule has 0 aliphatic carbocycles. The van der Waals surface area contributed by atoms with Crippen LogP contribution in [0, 0.1) is 20.8 Å². The van der Waals surface area contributed by atoms with Crippen molar-refractivity contribution in [3.8, 4) is 5.95 Å². The molecule has 0 atom stereocenters. The number of hydrogen-bond donors (Lipinski definition) is 1. The number of nitrogens with one attached hydrogen (secondary N) is 1. The molecule has 0 aliphatic rings. The summed E-state index contributed by atoms with van der Waals surface area (Å²) in [5, 5.41) is 7.69. The fourth-order valence-corrected chi connectivity index (χ4v) is 2.75. The molecule has 26 heavy (non-hydrogen) atoms. The molecule has 0 spiro atoms. The Bertz CT molecular complexity index is 1020. The summed E-state index contributed by atoms with van der Waals surface area (Å²) < 4.78 is 2.87. The molecule has 7 nitrogen and oxygen atoms in total. The lowest BCUT2D eigenvalue weighted by Gasteiger charge is -2.13. The van der Waals surface area contributed by atoms with Gasteiger partial charge >= 0.3 is 0 Å². The Labute approximate surface area is 155 Å². The average molecular weight is 372 g/mol. The van der Waals surface area contributed by atoms with Crippen molar-refractivity contribution in [3.05, 3.63) is 68.9 Å². The Hall–Kier alpha value is -2.93. The molecule has 0 unspecified atom stereocenters. The van der Waals surface area contributed by atoms with E-state index >= 15 is 0 Å². The molecule has 0 aliphatic heterocycles. The highest BCUT2D eigenvalue weighted by atomic mass is 35.5. The topological polar surface area (TPSA) is 81.8 Å². The Balaban J connectivity index is 1.94. The Morgan fingerprint density at radius 2 is 1.81 bits per heavy atom. The van der Waals surface area contributed by atoms with E-state index in [0.29, 0.717) is 22.4 Å². The summed E-state index contributed by atoms with van der Waals surface area (Å²) in [5.74, 6) is -0.0327. The van der Waals surface area contributed by atoms with E-state index in [1.54, 1.807) is 35.9 Å². The van der Waals surface area contributed by atoms with Crippen LogP contribution in [0.5, 0.6) is 0 Å². The van der Waals surface area contributed by atoms with Crippen LogP contribution in [0.4, 0.5) is 5.69 Å². The van der Waals surface area contributed by atoms with E-state index in [-0.39, 0.29) is 18.0 Å². The van der Waals surface area contributed by atoms with E-state index in [4.69, 9.17) is 11.6 Å². The summed E-state index contributed by atoms with van der Waals surface area (Å²) in [6, 6.07) is 10.0. The molecular formula is C18H18ClN5O2. The smallest absolute Gasteiger partial charge is 0.255 e. The number of halogens is 1. The fraction of sp³-hybridized carbons (Fsp3) is 0.222. The van der Waals surface area contributed by atoms with E-state index in [1.807, 2.05) is 19.9 Å². The minimum absolute atomic E-state index is 0.178. The van der Waals surface area contributed by atoms with Gasteiger partial charge in [-0.1, -0.05) is 11.6 Å². The Morgan fingerprint density at radius 3 is 2.42 bits per heavy atom. The van der Waals surface area contributed by atoms with Crippen LogP contribution < -0.4 is 10.9 Å². The molecule has 0 saturated heterocycles. The number of carbonyl (C=O) groups excluding carboxylic acids is 1. The molecular weight excluding hydrogens is 354 g/mol. The molecule has 0 bridgehead atoms. The van der Waals surface area contributed by atoms with Gasteiger partial charge in [0.2, 0.25) is 11.9 Å². The third kappa shape index (κ3) is 3.83. The van der Waals surface area contributed by atoms with Crippen molar-refractivity contribution >= 4 is 23.2 Å². The number of rotatable bonds is 4. The lowest BCUT2D eigenvalue weighted by atomic mass is 10.3. The molecule has 0 radical (unpaired) electrons. The highest BCUT2D eigenvalue weighted by molar-refractivity contribution is 6.30. The summed E-state index contributed by atoms with van der Waals surface area (Å²) in [7, 11) is 0. The number of nitrogens with zero attached hydrogens (tertiary/aromatic N) is 4. The highest BCUT2D eigenvalue weighted by Crippen LogP contribution is 2.14. The third-order valence-electron chi connectivity index (χ3n) is 3.74. The normalized spacial score (nSPS) is 10.8. The van der Waals surface area contributed by atoms with E-state index in [0.717, 1.165) is 11.4 Å². The van der Waals surface area contributed by atoms with Crippen LogP contribution in [0.25, 0.3) is 5.95 Å². The molecule has 1 N–H and O–H groups in total. The first kappa shape index (κ1) is 17.9. The van der Waals surface area contributed by atoms with Crippen LogP contribution >= 0.6 is 11.6 Å².